The second-order valence-corrected chi connectivity index (χ2v) is 17.6. The lowest BCUT2D eigenvalue weighted by atomic mass is 9.44. The topological polar surface area (TPSA) is 319 Å². The van der Waals surface area contributed by atoms with Crippen LogP contribution in [-0.2, 0) is 38.1 Å². The first kappa shape index (κ1) is 50.6. The van der Waals surface area contributed by atoms with Crippen molar-refractivity contribution in [3.8, 4) is 0 Å². The van der Waals surface area contributed by atoms with E-state index < -0.39 is 112 Å². The number of carbonyl (C=O) groups is 5. The summed E-state index contributed by atoms with van der Waals surface area (Å²) < 4.78 is 29.5. The third-order valence-corrected chi connectivity index (χ3v) is 12.6. The molecule has 0 aromatic heterocycles. The van der Waals surface area contributed by atoms with E-state index in [1.807, 2.05) is 0 Å². The molecule has 1 amide bonds. The highest BCUT2D eigenvalue weighted by Crippen LogP contribution is 2.64. The van der Waals surface area contributed by atoms with Crippen LogP contribution in [0.3, 0.4) is 0 Å². The molecule has 1 aliphatic heterocycles. The third kappa shape index (κ3) is 8.55. The van der Waals surface area contributed by atoms with Crippen molar-refractivity contribution in [2.24, 2.45) is 16.7 Å². The molecule has 2 saturated carbocycles. The van der Waals surface area contributed by atoms with Crippen LogP contribution in [-0.4, -0.2) is 127 Å². The van der Waals surface area contributed by atoms with Crippen LogP contribution in [0.15, 0.2) is 71.8 Å². The molecule has 3 aliphatic carbocycles. The van der Waals surface area contributed by atoms with Gasteiger partial charge in [-0.3, -0.25) is 9.59 Å². The van der Waals surface area contributed by atoms with Crippen molar-refractivity contribution in [1.29, 1.82) is 0 Å². The SMILES string of the molecule is CC(=O)O[C@@]12CO[C@@H]1C[C@H](O)C1(C)C(=O)[C@H](O)C3=C(C)[C@@H](OC(=O)[C@H](O)[C@@H](NC(=O)OC(C)(C)C)c4ccccc4)CC(O)([C@@H](OC(=O)c4ccccc4)[C@@H]12)C3(C)C.O.O.O. The molecule has 2 aromatic rings. The monoisotopic (exact) mass is 861 g/mol. The normalized spacial score (nSPS) is 32.0. The quantitative estimate of drug-likeness (QED) is 0.139. The summed E-state index contributed by atoms with van der Waals surface area (Å²) in [5.41, 5.74) is -8.14. The first-order valence-electron chi connectivity index (χ1n) is 19.3. The van der Waals surface area contributed by atoms with Gasteiger partial charge in [-0.2, -0.15) is 0 Å². The summed E-state index contributed by atoms with van der Waals surface area (Å²) in [6, 6.07) is 14.6. The Hall–Kier alpha value is -4.79. The minimum Gasteiger partial charge on any atom is -0.456 e. The van der Waals surface area contributed by atoms with E-state index in [9.17, 15) is 44.4 Å². The van der Waals surface area contributed by atoms with Gasteiger partial charge < -0.3 is 65.9 Å². The number of ketones is 1. The average molecular weight is 862 g/mol. The van der Waals surface area contributed by atoms with Crippen molar-refractivity contribution in [1.82, 2.24) is 5.32 Å². The molecular weight excluding hydrogens is 802 g/mol. The van der Waals surface area contributed by atoms with Crippen molar-refractivity contribution in [3.05, 3.63) is 82.9 Å². The highest BCUT2D eigenvalue weighted by atomic mass is 16.6. The Bertz CT molecular complexity index is 1980. The lowest BCUT2D eigenvalue weighted by molar-refractivity contribution is -0.346. The van der Waals surface area contributed by atoms with Crippen LogP contribution >= 0.6 is 0 Å². The zero-order valence-corrected chi connectivity index (χ0v) is 35.4. The van der Waals surface area contributed by atoms with Gasteiger partial charge in [0.05, 0.1) is 35.6 Å². The van der Waals surface area contributed by atoms with Gasteiger partial charge in [-0.1, -0.05) is 62.4 Å². The summed E-state index contributed by atoms with van der Waals surface area (Å²) >= 11 is 0. The number of esters is 3. The van der Waals surface area contributed by atoms with Gasteiger partial charge in [0.1, 0.15) is 35.6 Å². The standard InChI is InChI=1S/C43H53NO14.3H2O/c1-22-26(55-37(51)32(48)30(24-15-11-9-12-16-24)44-38(52)58-39(3,4)5)20-43(53)35(56-36(50)25-17-13-10-14-18-25)33-41(8,34(49)31(47)29(22)40(43,6)7)27(46)19-28-42(33,21-54-28)57-23(2)45;;;/h9-18,26-28,30-33,35,46-48,53H,19-21H2,1-8H3,(H,44,52);3*1H2/t26-,27-,28+,30-,31+,32+,33-,35-,41?,42-,43?;;;/m0.../s1. The summed E-state index contributed by atoms with van der Waals surface area (Å²) in [6.07, 6.45) is -11.5. The first-order valence-corrected chi connectivity index (χ1v) is 19.3. The maximum atomic E-state index is 14.9. The van der Waals surface area contributed by atoms with Crippen LogP contribution in [0.2, 0.25) is 0 Å². The molecule has 3 fully saturated rings. The van der Waals surface area contributed by atoms with Crippen LogP contribution in [0.4, 0.5) is 4.79 Å². The minimum absolute atomic E-state index is 0. The summed E-state index contributed by atoms with van der Waals surface area (Å²) in [6.45, 7) is 11.8. The van der Waals surface area contributed by atoms with Crippen molar-refractivity contribution in [2.75, 3.05) is 6.61 Å². The molecule has 18 heteroatoms. The number of amides is 1. The smallest absolute Gasteiger partial charge is 0.408 e. The Morgan fingerprint density at radius 1 is 0.918 bits per heavy atom. The fourth-order valence-corrected chi connectivity index (χ4v) is 9.56. The number of carbonyl (C=O) groups excluding carboxylic acids is 5. The molecule has 18 nitrogen and oxygen atoms in total. The second kappa shape index (κ2) is 17.9. The summed E-state index contributed by atoms with van der Waals surface area (Å²) in [7, 11) is 0. The van der Waals surface area contributed by atoms with Crippen LogP contribution in [0, 0.1) is 16.7 Å². The van der Waals surface area contributed by atoms with Crippen LogP contribution in [0.5, 0.6) is 0 Å². The zero-order chi connectivity index (χ0) is 42.7. The maximum Gasteiger partial charge on any atom is 0.408 e. The number of ether oxygens (including phenoxy) is 5. The van der Waals surface area contributed by atoms with Gasteiger partial charge >= 0.3 is 24.0 Å². The third-order valence-electron chi connectivity index (χ3n) is 12.6. The highest BCUT2D eigenvalue weighted by molar-refractivity contribution is 5.94. The van der Waals surface area contributed by atoms with Gasteiger partial charge in [0, 0.05) is 25.2 Å². The number of hydrogen-bond donors (Lipinski definition) is 5. The Labute approximate surface area is 353 Å². The Morgan fingerprint density at radius 2 is 1.49 bits per heavy atom. The summed E-state index contributed by atoms with van der Waals surface area (Å²) in [5.74, 6) is -5.36. The Balaban J connectivity index is 0.00000331. The van der Waals surface area contributed by atoms with E-state index in [4.69, 9.17) is 23.7 Å². The Kier molecular flexibility index (Phi) is 14.8. The first-order chi connectivity index (χ1) is 27.0. The molecule has 1 heterocycles. The van der Waals surface area contributed by atoms with E-state index in [2.05, 4.69) is 5.32 Å². The van der Waals surface area contributed by atoms with Gasteiger partial charge in [-0.25, -0.2) is 14.4 Å². The molecular formula is C43H59NO17. The fourth-order valence-electron chi connectivity index (χ4n) is 9.56. The summed E-state index contributed by atoms with van der Waals surface area (Å²) in [4.78, 5) is 68.9. The summed E-state index contributed by atoms with van der Waals surface area (Å²) in [5, 5.41) is 51.6. The molecule has 338 valence electrons. The molecule has 2 bridgehead atoms. The minimum atomic E-state index is -2.35. The van der Waals surface area contributed by atoms with Gasteiger partial charge in [0.2, 0.25) is 0 Å². The lowest BCUT2D eigenvalue weighted by Gasteiger charge is -2.67. The zero-order valence-electron chi connectivity index (χ0n) is 35.4. The number of aliphatic hydroxyl groups is 4. The maximum absolute atomic E-state index is 14.9. The number of alkyl carbamates (subject to hydrolysis) is 1. The predicted molar refractivity (Wildman–Crippen MR) is 214 cm³/mol. The number of rotatable bonds is 8. The van der Waals surface area contributed by atoms with E-state index in [0.717, 1.165) is 6.92 Å². The lowest BCUT2D eigenvalue weighted by Crippen LogP contribution is -2.81. The van der Waals surface area contributed by atoms with E-state index in [-0.39, 0.29) is 46.2 Å². The van der Waals surface area contributed by atoms with Gasteiger partial charge in [0.25, 0.3) is 0 Å². The van der Waals surface area contributed by atoms with Crippen LogP contribution in [0.1, 0.15) is 90.2 Å². The predicted octanol–water partition coefficient (Wildman–Crippen LogP) is 0.786. The molecule has 61 heavy (non-hydrogen) atoms. The molecule has 1 saturated heterocycles. The molecule has 4 aliphatic rings. The molecule has 2 aromatic carbocycles. The van der Waals surface area contributed by atoms with Crippen molar-refractivity contribution in [3.63, 3.8) is 0 Å². The van der Waals surface area contributed by atoms with E-state index in [1.54, 1.807) is 83.1 Å². The number of benzene rings is 2. The largest absolute Gasteiger partial charge is 0.456 e. The van der Waals surface area contributed by atoms with Crippen LogP contribution in [0.25, 0.3) is 0 Å². The second-order valence-electron chi connectivity index (χ2n) is 17.6. The molecule has 6 rings (SSSR count). The van der Waals surface area contributed by atoms with E-state index in [0.29, 0.717) is 5.56 Å². The van der Waals surface area contributed by atoms with Gasteiger partial charge in [-0.05, 0) is 63.5 Å². The highest BCUT2D eigenvalue weighted by Gasteiger charge is 2.78. The number of hydrogen-bond acceptors (Lipinski definition) is 14. The number of nitrogens with one attached hydrogen (secondary N) is 1. The van der Waals surface area contributed by atoms with Crippen molar-refractivity contribution < 1.29 is 84.5 Å². The van der Waals surface area contributed by atoms with E-state index >= 15 is 0 Å². The number of Topliss-reactive ketones (excluding diaryl/α,β-unsaturated/α-hetero) is 1. The molecule has 11 atom stereocenters. The van der Waals surface area contributed by atoms with Crippen molar-refractivity contribution in [2.45, 2.75) is 128 Å². The van der Waals surface area contributed by atoms with Gasteiger partial charge in [-0.15, -0.1) is 0 Å². The molecule has 0 radical (unpaired) electrons. The molecule has 11 N–H and O–H groups in total. The fraction of sp³-hybridized carbons (Fsp3) is 0.558. The van der Waals surface area contributed by atoms with Crippen molar-refractivity contribution >= 4 is 29.8 Å². The Morgan fingerprint density at radius 3 is 2.02 bits per heavy atom. The molecule has 0 spiro atoms. The molecule has 2 unspecified atom stereocenters. The number of fused-ring (bicyclic) bond motifs is 5. The van der Waals surface area contributed by atoms with Gasteiger partial charge in [0.15, 0.2) is 17.5 Å². The number of aliphatic hydroxyl groups excluding tert-OH is 3. The van der Waals surface area contributed by atoms with E-state index in [1.165, 1.54) is 26.0 Å². The van der Waals surface area contributed by atoms with Crippen LogP contribution < -0.4 is 5.32 Å². The average Bonchev–Trinajstić information content (AvgIpc) is 3.14.